The average Bonchev–Trinajstić information content (AvgIpc) is 3.09. The van der Waals surface area contributed by atoms with Crippen LogP contribution in [0, 0.1) is 6.92 Å². The van der Waals surface area contributed by atoms with E-state index in [-0.39, 0.29) is 11.8 Å². The fourth-order valence-corrected chi connectivity index (χ4v) is 2.79. The lowest BCUT2D eigenvalue weighted by Gasteiger charge is -2.13. The molecule has 5 nitrogen and oxygen atoms in total. The Kier molecular flexibility index (Phi) is 3.64. The van der Waals surface area contributed by atoms with Crippen molar-refractivity contribution < 1.29 is 14.6 Å². The highest BCUT2D eigenvalue weighted by Crippen LogP contribution is 2.28. The van der Waals surface area contributed by atoms with E-state index in [9.17, 15) is 9.90 Å². The topological polar surface area (TPSA) is 64.4 Å². The molecule has 0 aliphatic heterocycles. The summed E-state index contributed by atoms with van der Waals surface area (Å²) in [4.78, 5) is 11.6. The Labute approximate surface area is 123 Å². The molecule has 0 saturated heterocycles. The molecule has 5 heteroatoms. The monoisotopic (exact) mass is 286 g/mol. The minimum atomic E-state index is -1.02. The molecule has 1 N–H and O–H groups in total. The van der Waals surface area contributed by atoms with Gasteiger partial charge in [0.1, 0.15) is 0 Å². The number of para-hydroxylation sites is 1. The minimum absolute atomic E-state index is 0.0937. The Morgan fingerprint density at radius 2 is 2.05 bits per heavy atom. The van der Waals surface area contributed by atoms with Gasteiger partial charge in [-0.1, -0.05) is 18.2 Å². The van der Waals surface area contributed by atoms with Crippen molar-refractivity contribution in [2.24, 2.45) is 0 Å². The van der Waals surface area contributed by atoms with E-state index >= 15 is 0 Å². The van der Waals surface area contributed by atoms with Crippen LogP contribution in [0.3, 0.4) is 0 Å². The van der Waals surface area contributed by atoms with E-state index in [0.717, 1.165) is 36.9 Å². The summed E-state index contributed by atoms with van der Waals surface area (Å²) in [5.74, 6) is -0.665. The van der Waals surface area contributed by atoms with Crippen molar-refractivity contribution in [2.45, 2.75) is 38.7 Å². The van der Waals surface area contributed by atoms with Gasteiger partial charge in [-0.2, -0.15) is 5.10 Å². The smallest absolute Gasteiger partial charge is 0.358 e. The van der Waals surface area contributed by atoms with E-state index in [1.165, 1.54) is 10.9 Å². The van der Waals surface area contributed by atoms with Crippen molar-refractivity contribution in [1.29, 1.82) is 0 Å². The molecule has 0 amide bonds. The van der Waals surface area contributed by atoms with E-state index in [2.05, 4.69) is 5.10 Å². The highest BCUT2D eigenvalue weighted by Gasteiger charge is 2.25. The van der Waals surface area contributed by atoms with Crippen LogP contribution in [-0.2, 0) is 0 Å². The van der Waals surface area contributed by atoms with E-state index < -0.39 is 5.97 Å². The Balaban J connectivity index is 2.00. The second-order valence-corrected chi connectivity index (χ2v) is 5.39. The molecule has 1 heterocycles. The number of aryl methyl sites for hydroxylation is 1. The van der Waals surface area contributed by atoms with Gasteiger partial charge in [0.05, 0.1) is 18.0 Å². The van der Waals surface area contributed by atoms with Crippen LogP contribution >= 0.6 is 0 Å². The standard InChI is InChI=1S/C16H18N2O3/c1-11-6-2-5-9-13(11)18-15(16(19)20)14(10-17-18)21-12-7-3-4-8-12/h2,5-6,9-10,12H,3-4,7-8H2,1H3,(H,19,20). The molecule has 1 saturated carbocycles. The summed E-state index contributed by atoms with van der Waals surface area (Å²) in [6.45, 7) is 1.93. The van der Waals surface area contributed by atoms with Crippen molar-refractivity contribution in [1.82, 2.24) is 9.78 Å². The summed E-state index contributed by atoms with van der Waals surface area (Å²) in [6.07, 6.45) is 5.85. The number of rotatable bonds is 4. The van der Waals surface area contributed by atoms with Crippen LogP contribution in [0.4, 0.5) is 0 Å². The first kappa shape index (κ1) is 13.7. The third kappa shape index (κ3) is 2.63. The molecule has 0 radical (unpaired) electrons. The highest BCUT2D eigenvalue weighted by atomic mass is 16.5. The van der Waals surface area contributed by atoms with Gasteiger partial charge in [0, 0.05) is 0 Å². The first-order chi connectivity index (χ1) is 10.2. The van der Waals surface area contributed by atoms with Crippen LogP contribution in [-0.4, -0.2) is 27.0 Å². The van der Waals surface area contributed by atoms with Gasteiger partial charge in [0.25, 0.3) is 0 Å². The van der Waals surface area contributed by atoms with Gasteiger partial charge in [-0.15, -0.1) is 0 Å². The number of aromatic carboxylic acids is 1. The van der Waals surface area contributed by atoms with Crippen molar-refractivity contribution in [3.8, 4) is 11.4 Å². The zero-order valence-electron chi connectivity index (χ0n) is 12.0. The average molecular weight is 286 g/mol. The second kappa shape index (κ2) is 5.60. The lowest BCUT2D eigenvalue weighted by molar-refractivity contribution is 0.0679. The van der Waals surface area contributed by atoms with Crippen LogP contribution in [0.2, 0.25) is 0 Å². The summed E-state index contributed by atoms with van der Waals surface area (Å²) in [7, 11) is 0. The molecule has 2 aromatic rings. The predicted molar refractivity (Wildman–Crippen MR) is 78.1 cm³/mol. The minimum Gasteiger partial charge on any atom is -0.486 e. The summed E-state index contributed by atoms with van der Waals surface area (Å²) >= 11 is 0. The Morgan fingerprint density at radius 3 is 2.71 bits per heavy atom. The van der Waals surface area contributed by atoms with E-state index in [0.29, 0.717) is 5.75 Å². The molecule has 1 aromatic carbocycles. The van der Waals surface area contributed by atoms with E-state index in [1.807, 2.05) is 31.2 Å². The molecule has 110 valence electrons. The lowest BCUT2D eigenvalue weighted by atomic mass is 10.2. The fraction of sp³-hybridized carbons (Fsp3) is 0.375. The van der Waals surface area contributed by atoms with Crippen molar-refractivity contribution in [2.75, 3.05) is 0 Å². The second-order valence-electron chi connectivity index (χ2n) is 5.39. The Morgan fingerprint density at radius 1 is 1.33 bits per heavy atom. The number of benzene rings is 1. The third-order valence-corrected chi connectivity index (χ3v) is 3.88. The summed E-state index contributed by atoms with van der Waals surface area (Å²) in [6, 6.07) is 7.57. The van der Waals surface area contributed by atoms with Gasteiger partial charge in [0.2, 0.25) is 0 Å². The molecule has 0 spiro atoms. The summed E-state index contributed by atoms with van der Waals surface area (Å²) in [5.41, 5.74) is 1.82. The molecular formula is C16H18N2O3. The van der Waals surface area contributed by atoms with Crippen molar-refractivity contribution in [3.63, 3.8) is 0 Å². The van der Waals surface area contributed by atoms with Crippen molar-refractivity contribution in [3.05, 3.63) is 41.7 Å². The normalized spacial score (nSPS) is 15.3. The SMILES string of the molecule is Cc1ccccc1-n1ncc(OC2CCCC2)c1C(=O)O. The number of hydrogen-bond acceptors (Lipinski definition) is 3. The molecular weight excluding hydrogens is 268 g/mol. The van der Waals surface area contributed by atoms with Crippen LogP contribution in [0.1, 0.15) is 41.7 Å². The first-order valence-electron chi connectivity index (χ1n) is 7.21. The van der Waals surface area contributed by atoms with E-state index in [4.69, 9.17) is 4.74 Å². The summed E-state index contributed by atoms with van der Waals surface area (Å²) in [5, 5.41) is 13.7. The molecule has 1 aliphatic carbocycles. The largest absolute Gasteiger partial charge is 0.486 e. The third-order valence-electron chi connectivity index (χ3n) is 3.88. The molecule has 0 atom stereocenters. The molecule has 1 aliphatic rings. The molecule has 0 bridgehead atoms. The molecule has 1 fully saturated rings. The maximum Gasteiger partial charge on any atom is 0.358 e. The summed E-state index contributed by atoms with van der Waals surface area (Å²) < 4.78 is 7.29. The zero-order valence-corrected chi connectivity index (χ0v) is 12.0. The predicted octanol–water partition coefficient (Wildman–Crippen LogP) is 3.20. The molecule has 1 aromatic heterocycles. The number of ether oxygens (including phenoxy) is 1. The zero-order chi connectivity index (χ0) is 14.8. The fourth-order valence-electron chi connectivity index (χ4n) is 2.79. The number of hydrogen-bond donors (Lipinski definition) is 1. The first-order valence-corrected chi connectivity index (χ1v) is 7.21. The van der Waals surface area contributed by atoms with Gasteiger partial charge >= 0.3 is 5.97 Å². The Bertz CT molecular complexity index is 657. The van der Waals surface area contributed by atoms with Crippen LogP contribution in [0.25, 0.3) is 5.69 Å². The maximum absolute atomic E-state index is 11.6. The van der Waals surface area contributed by atoms with Gasteiger partial charge in [-0.3, -0.25) is 0 Å². The highest BCUT2D eigenvalue weighted by molar-refractivity contribution is 5.89. The number of carboxylic acid groups (broad SMARTS) is 1. The molecule has 0 unspecified atom stereocenters. The van der Waals surface area contributed by atoms with Gasteiger partial charge in [0.15, 0.2) is 11.4 Å². The maximum atomic E-state index is 11.6. The van der Waals surface area contributed by atoms with Gasteiger partial charge in [-0.05, 0) is 44.2 Å². The number of aromatic nitrogens is 2. The number of nitrogens with zero attached hydrogens (tertiary/aromatic N) is 2. The van der Waals surface area contributed by atoms with E-state index in [1.54, 1.807) is 0 Å². The van der Waals surface area contributed by atoms with Crippen LogP contribution < -0.4 is 4.74 Å². The number of carbonyl (C=O) groups is 1. The van der Waals surface area contributed by atoms with Crippen molar-refractivity contribution >= 4 is 5.97 Å². The molecule has 21 heavy (non-hydrogen) atoms. The van der Waals surface area contributed by atoms with Gasteiger partial charge in [-0.25, -0.2) is 9.48 Å². The van der Waals surface area contributed by atoms with Crippen LogP contribution in [0.5, 0.6) is 5.75 Å². The molecule has 3 rings (SSSR count). The van der Waals surface area contributed by atoms with Crippen LogP contribution in [0.15, 0.2) is 30.5 Å². The quantitative estimate of drug-likeness (QED) is 0.937. The lowest BCUT2D eigenvalue weighted by Crippen LogP contribution is -2.15. The Hall–Kier alpha value is -2.30. The number of carboxylic acids is 1. The van der Waals surface area contributed by atoms with Gasteiger partial charge < -0.3 is 9.84 Å².